The van der Waals surface area contributed by atoms with Gasteiger partial charge in [0.15, 0.2) is 0 Å². The first-order chi connectivity index (χ1) is 4.77. The molecule has 0 amide bonds. The van der Waals surface area contributed by atoms with Crippen molar-refractivity contribution in [1.29, 1.82) is 0 Å². The van der Waals surface area contributed by atoms with E-state index in [4.69, 9.17) is 11.6 Å². The van der Waals surface area contributed by atoms with Crippen LogP contribution in [0.3, 0.4) is 0 Å². The van der Waals surface area contributed by atoms with Crippen LogP contribution in [0.25, 0.3) is 0 Å². The van der Waals surface area contributed by atoms with Gasteiger partial charge in [0, 0.05) is 5.88 Å². The molecule has 0 nitrogen and oxygen atoms in total. The number of allylic oxidation sites excluding steroid dienone is 1. The first kappa shape index (κ1) is 10.0. The molecule has 0 fully saturated rings. The van der Waals surface area contributed by atoms with Crippen molar-refractivity contribution < 1.29 is 0 Å². The van der Waals surface area contributed by atoms with Crippen molar-refractivity contribution in [2.75, 3.05) is 5.88 Å². The van der Waals surface area contributed by atoms with Crippen LogP contribution in [0.4, 0.5) is 0 Å². The van der Waals surface area contributed by atoms with Crippen molar-refractivity contribution in [3.05, 3.63) is 12.2 Å². The Morgan fingerprint density at radius 1 is 1.20 bits per heavy atom. The lowest BCUT2D eigenvalue weighted by molar-refractivity contribution is 0.667. The summed E-state index contributed by atoms with van der Waals surface area (Å²) in [5, 5.41) is 0. The summed E-state index contributed by atoms with van der Waals surface area (Å²) in [5.41, 5.74) is 1.30. The van der Waals surface area contributed by atoms with Gasteiger partial charge in [-0.2, -0.15) is 0 Å². The normalized spacial score (nSPS) is 9.80. The predicted molar refractivity (Wildman–Crippen MR) is 48.6 cm³/mol. The summed E-state index contributed by atoms with van der Waals surface area (Å²) in [6.45, 7) is 5.93. The minimum absolute atomic E-state index is 0.813. The number of alkyl halides is 1. The van der Waals surface area contributed by atoms with Crippen LogP contribution in [0.1, 0.15) is 39.0 Å². The highest BCUT2D eigenvalue weighted by atomic mass is 35.5. The maximum Gasteiger partial charge on any atom is 0.0223 e. The van der Waals surface area contributed by atoms with Crippen molar-refractivity contribution in [3.8, 4) is 0 Å². The summed E-state index contributed by atoms with van der Waals surface area (Å²) >= 11 is 5.53. The second-order valence-electron chi connectivity index (χ2n) is 2.81. The fraction of sp³-hybridized carbons (Fsp3) is 0.778. The number of hydrogen-bond donors (Lipinski definition) is 0. The van der Waals surface area contributed by atoms with Gasteiger partial charge in [-0.1, -0.05) is 18.4 Å². The zero-order valence-electron chi connectivity index (χ0n) is 6.83. The lowest BCUT2D eigenvalue weighted by atomic mass is 10.1. The molecule has 1 heteroatoms. The molecule has 0 heterocycles. The van der Waals surface area contributed by atoms with Gasteiger partial charge >= 0.3 is 0 Å². The predicted octanol–water partition coefficient (Wildman–Crippen LogP) is 3.75. The van der Waals surface area contributed by atoms with Gasteiger partial charge in [0.1, 0.15) is 0 Å². The van der Waals surface area contributed by atoms with Crippen LogP contribution >= 0.6 is 11.6 Å². The highest BCUT2D eigenvalue weighted by Gasteiger charge is 1.88. The van der Waals surface area contributed by atoms with Gasteiger partial charge in [-0.15, -0.1) is 18.2 Å². The standard InChI is InChI=1S/C9H17Cl/c1-9(2)7-5-3-4-6-8-10/h1,3-8H2,2H3. The summed E-state index contributed by atoms with van der Waals surface area (Å²) in [6, 6.07) is 0. The Kier molecular flexibility index (Phi) is 7.16. The van der Waals surface area contributed by atoms with Gasteiger partial charge in [-0.25, -0.2) is 0 Å². The van der Waals surface area contributed by atoms with Gasteiger partial charge in [-0.3, -0.25) is 0 Å². The maximum atomic E-state index is 5.53. The van der Waals surface area contributed by atoms with E-state index < -0.39 is 0 Å². The molecule has 0 atom stereocenters. The van der Waals surface area contributed by atoms with Crippen LogP contribution in [-0.4, -0.2) is 5.88 Å². The van der Waals surface area contributed by atoms with E-state index >= 15 is 0 Å². The molecule has 10 heavy (non-hydrogen) atoms. The topological polar surface area (TPSA) is 0 Å². The van der Waals surface area contributed by atoms with Crippen molar-refractivity contribution in [1.82, 2.24) is 0 Å². The molecular formula is C9H17Cl. The highest BCUT2D eigenvalue weighted by molar-refractivity contribution is 6.17. The van der Waals surface area contributed by atoms with E-state index in [0.29, 0.717) is 0 Å². The minimum Gasteiger partial charge on any atom is -0.127 e. The molecule has 0 aliphatic rings. The molecule has 0 radical (unpaired) electrons. The van der Waals surface area contributed by atoms with Gasteiger partial charge in [0.05, 0.1) is 0 Å². The molecule has 0 bridgehead atoms. The van der Waals surface area contributed by atoms with Gasteiger partial charge in [0.2, 0.25) is 0 Å². The van der Waals surface area contributed by atoms with Gasteiger partial charge < -0.3 is 0 Å². The lowest BCUT2D eigenvalue weighted by Crippen LogP contribution is -1.80. The lowest BCUT2D eigenvalue weighted by Gasteiger charge is -1.97. The summed E-state index contributed by atoms with van der Waals surface area (Å²) < 4.78 is 0. The first-order valence-electron chi connectivity index (χ1n) is 3.97. The highest BCUT2D eigenvalue weighted by Crippen LogP contribution is 2.07. The Labute approximate surface area is 69.3 Å². The Morgan fingerprint density at radius 3 is 2.30 bits per heavy atom. The van der Waals surface area contributed by atoms with E-state index in [1.807, 2.05) is 0 Å². The van der Waals surface area contributed by atoms with Crippen molar-refractivity contribution in [3.63, 3.8) is 0 Å². The first-order valence-corrected chi connectivity index (χ1v) is 4.51. The molecule has 0 unspecified atom stereocenters. The molecule has 0 aromatic carbocycles. The molecule has 60 valence electrons. The molecule has 0 rings (SSSR count). The number of hydrogen-bond acceptors (Lipinski definition) is 0. The van der Waals surface area contributed by atoms with Crippen LogP contribution in [0.15, 0.2) is 12.2 Å². The fourth-order valence-corrected chi connectivity index (χ4v) is 1.06. The van der Waals surface area contributed by atoms with E-state index in [9.17, 15) is 0 Å². The second kappa shape index (κ2) is 7.14. The van der Waals surface area contributed by atoms with Crippen LogP contribution in [-0.2, 0) is 0 Å². The fourth-order valence-electron chi connectivity index (χ4n) is 0.875. The quantitative estimate of drug-likeness (QED) is 0.316. The van der Waals surface area contributed by atoms with Crippen molar-refractivity contribution in [2.24, 2.45) is 0 Å². The summed E-state index contributed by atoms with van der Waals surface area (Å²) in [5.74, 6) is 0.813. The molecule has 0 aromatic rings. The molecule has 0 aliphatic heterocycles. The second-order valence-corrected chi connectivity index (χ2v) is 3.19. The molecule has 0 aromatic heterocycles. The van der Waals surface area contributed by atoms with Crippen molar-refractivity contribution >= 4 is 11.6 Å². The molecular weight excluding hydrogens is 144 g/mol. The molecule has 0 saturated heterocycles. The van der Waals surface area contributed by atoms with E-state index in [1.54, 1.807) is 0 Å². The van der Waals surface area contributed by atoms with Gasteiger partial charge in [-0.05, 0) is 26.2 Å². The molecule has 0 saturated carbocycles. The van der Waals surface area contributed by atoms with Crippen molar-refractivity contribution in [2.45, 2.75) is 39.0 Å². The number of rotatable bonds is 6. The SMILES string of the molecule is C=C(C)CCCCCCCl. The average Bonchev–Trinajstić information content (AvgIpc) is 1.87. The third kappa shape index (κ3) is 8.03. The number of halogens is 1. The Balaban J connectivity index is 2.84. The van der Waals surface area contributed by atoms with Gasteiger partial charge in [0.25, 0.3) is 0 Å². The molecule has 0 aliphatic carbocycles. The third-order valence-corrected chi connectivity index (χ3v) is 1.75. The summed E-state index contributed by atoms with van der Waals surface area (Å²) in [6.07, 6.45) is 6.21. The third-order valence-electron chi connectivity index (χ3n) is 1.49. The molecule has 0 spiro atoms. The van der Waals surface area contributed by atoms with Crippen LogP contribution in [0, 0.1) is 0 Å². The van der Waals surface area contributed by atoms with E-state index in [1.165, 1.54) is 31.3 Å². The number of unbranched alkanes of at least 4 members (excludes halogenated alkanes) is 3. The zero-order chi connectivity index (χ0) is 7.82. The van der Waals surface area contributed by atoms with E-state index in [2.05, 4.69) is 13.5 Å². The zero-order valence-corrected chi connectivity index (χ0v) is 7.58. The van der Waals surface area contributed by atoms with E-state index in [0.717, 1.165) is 12.3 Å². The summed E-state index contributed by atoms with van der Waals surface area (Å²) in [7, 11) is 0. The van der Waals surface area contributed by atoms with Crippen LogP contribution in [0.2, 0.25) is 0 Å². The smallest absolute Gasteiger partial charge is 0.0223 e. The molecule has 0 N–H and O–H groups in total. The Hall–Kier alpha value is 0.0300. The van der Waals surface area contributed by atoms with Crippen LogP contribution < -0.4 is 0 Å². The van der Waals surface area contributed by atoms with Crippen LogP contribution in [0.5, 0.6) is 0 Å². The minimum atomic E-state index is 0.813. The largest absolute Gasteiger partial charge is 0.127 e. The maximum absolute atomic E-state index is 5.53. The Morgan fingerprint density at radius 2 is 1.80 bits per heavy atom. The monoisotopic (exact) mass is 160 g/mol. The Bertz CT molecular complexity index is 86.7. The van der Waals surface area contributed by atoms with E-state index in [-0.39, 0.29) is 0 Å². The average molecular weight is 161 g/mol. The summed E-state index contributed by atoms with van der Waals surface area (Å²) in [4.78, 5) is 0.